The van der Waals surface area contributed by atoms with Crippen LogP contribution in [0.4, 0.5) is 16.2 Å². The van der Waals surface area contributed by atoms with Gasteiger partial charge in [0.05, 0.1) is 5.56 Å². The van der Waals surface area contributed by atoms with Crippen LogP contribution in [0.3, 0.4) is 0 Å². The number of amides is 3. The molecule has 5 nitrogen and oxygen atoms in total. The van der Waals surface area contributed by atoms with Crippen molar-refractivity contribution in [2.75, 3.05) is 17.2 Å². The van der Waals surface area contributed by atoms with Gasteiger partial charge in [0.2, 0.25) is 0 Å². The highest BCUT2D eigenvalue weighted by Crippen LogP contribution is 2.22. The molecule has 23 heavy (non-hydrogen) atoms. The second kappa shape index (κ2) is 7.60. The van der Waals surface area contributed by atoms with E-state index in [0.717, 1.165) is 9.75 Å². The van der Waals surface area contributed by atoms with E-state index in [2.05, 4.69) is 22.5 Å². The average Bonchev–Trinajstić information content (AvgIpc) is 2.86. The predicted molar refractivity (Wildman–Crippen MR) is 95.4 cm³/mol. The Morgan fingerprint density at radius 3 is 2.26 bits per heavy atom. The van der Waals surface area contributed by atoms with Gasteiger partial charge >= 0.3 is 6.03 Å². The zero-order valence-electron chi connectivity index (χ0n) is 13.1. The number of carbonyl (C=O) groups is 2. The van der Waals surface area contributed by atoms with Crippen molar-refractivity contribution in [3.8, 4) is 0 Å². The first kappa shape index (κ1) is 16.8. The number of thiophene rings is 1. The van der Waals surface area contributed by atoms with Crippen LogP contribution in [-0.4, -0.2) is 18.5 Å². The minimum absolute atomic E-state index is 0.128. The van der Waals surface area contributed by atoms with Crippen LogP contribution in [0, 0.1) is 13.8 Å². The summed E-state index contributed by atoms with van der Waals surface area (Å²) < 4.78 is 0. The Balaban J connectivity index is 1.97. The number of hydrogen-bond acceptors (Lipinski definition) is 3. The van der Waals surface area contributed by atoms with E-state index in [-0.39, 0.29) is 11.9 Å². The summed E-state index contributed by atoms with van der Waals surface area (Å²) in [5.74, 6) is -0.128. The zero-order valence-corrected chi connectivity index (χ0v) is 13.9. The summed E-state index contributed by atoms with van der Waals surface area (Å²) in [4.78, 5) is 25.9. The highest BCUT2D eigenvalue weighted by molar-refractivity contribution is 7.12. The van der Waals surface area contributed by atoms with E-state index in [9.17, 15) is 9.59 Å². The SMILES string of the molecule is C=CCNC(=O)Nc1ccc(NC(=O)c2cc(C)sc2C)cc1. The molecule has 1 aromatic carbocycles. The smallest absolute Gasteiger partial charge is 0.319 e. The molecule has 1 aromatic heterocycles. The molecule has 0 atom stereocenters. The minimum atomic E-state index is -0.300. The summed E-state index contributed by atoms with van der Waals surface area (Å²) in [6.07, 6.45) is 1.60. The van der Waals surface area contributed by atoms with Crippen molar-refractivity contribution >= 4 is 34.6 Å². The molecule has 1 heterocycles. The van der Waals surface area contributed by atoms with Crippen LogP contribution in [0.15, 0.2) is 43.0 Å². The number of anilines is 2. The summed E-state index contributed by atoms with van der Waals surface area (Å²) >= 11 is 1.60. The van der Waals surface area contributed by atoms with Crippen molar-refractivity contribution in [3.63, 3.8) is 0 Å². The number of nitrogens with one attached hydrogen (secondary N) is 3. The third-order valence-corrected chi connectivity index (χ3v) is 4.06. The molecule has 0 unspecified atom stereocenters. The molecular weight excluding hydrogens is 310 g/mol. The maximum absolute atomic E-state index is 12.2. The van der Waals surface area contributed by atoms with Gasteiger partial charge in [-0.05, 0) is 44.2 Å². The zero-order chi connectivity index (χ0) is 16.8. The molecule has 0 aliphatic heterocycles. The maximum atomic E-state index is 12.2. The van der Waals surface area contributed by atoms with Gasteiger partial charge < -0.3 is 16.0 Å². The van der Waals surface area contributed by atoms with Gasteiger partial charge in [0.15, 0.2) is 0 Å². The van der Waals surface area contributed by atoms with E-state index in [1.165, 1.54) is 0 Å². The van der Waals surface area contributed by atoms with Gasteiger partial charge in [-0.25, -0.2) is 4.79 Å². The second-order valence-corrected chi connectivity index (χ2v) is 6.44. The standard InChI is InChI=1S/C17H19N3O2S/c1-4-9-18-17(22)20-14-7-5-13(6-8-14)19-16(21)15-10-11(2)23-12(15)3/h4-8,10H,1,9H2,2-3H3,(H,19,21)(H2,18,20,22). The topological polar surface area (TPSA) is 70.2 Å². The van der Waals surface area contributed by atoms with Crippen LogP contribution in [0.25, 0.3) is 0 Å². The van der Waals surface area contributed by atoms with E-state index < -0.39 is 0 Å². The van der Waals surface area contributed by atoms with E-state index in [1.807, 2.05) is 19.9 Å². The molecule has 0 bridgehead atoms. The van der Waals surface area contributed by atoms with Crippen molar-refractivity contribution in [3.05, 3.63) is 58.3 Å². The van der Waals surface area contributed by atoms with Crippen LogP contribution < -0.4 is 16.0 Å². The van der Waals surface area contributed by atoms with E-state index in [4.69, 9.17) is 0 Å². The number of hydrogen-bond donors (Lipinski definition) is 3. The molecule has 3 N–H and O–H groups in total. The third kappa shape index (κ3) is 4.69. The Bertz CT molecular complexity index is 720. The van der Waals surface area contributed by atoms with Gasteiger partial charge in [-0.1, -0.05) is 6.08 Å². The van der Waals surface area contributed by atoms with Crippen LogP contribution in [0.1, 0.15) is 20.1 Å². The fourth-order valence-electron chi connectivity index (χ4n) is 2.03. The van der Waals surface area contributed by atoms with Crippen LogP contribution in [0.5, 0.6) is 0 Å². The Morgan fingerprint density at radius 1 is 1.13 bits per heavy atom. The largest absolute Gasteiger partial charge is 0.334 e. The summed E-state index contributed by atoms with van der Waals surface area (Å²) in [6, 6.07) is 8.54. The monoisotopic (exact) mass is 329 g/mol. The lowest BCUT2D eigenvalue weighted by Crippen LogP contribution is -2.28. The summed E-state index contributed by atoms with van der Waals surface area (Å²) in [5.41, 5.74) is 2.01. The molecule has 0 radical (unpaired) electrons. The quantitative estimate of drug-likeness (QED) is 0.728. The number of urea groups is 1. The first-order valence-electron chi connectivity index (χ1n) is 7.14. The summed E-state index contributed by atoms with van der Waals surface area (Å²) in [7, 11) is 0. The van der Waals surface area contributed by atoms with Crippen molar-refractivity contribution < 1.29 is 9.59 Å². The van der Waals surface area contributed by atoms with Crippen molar-refractivity contribution in [2.24, 2.45) is 0 Å². The molecule has 3 amide bonds. The van der Waals surface area contributed by atoms with Crippen LogP contribution >= 0.6 is 11.3 Å². The number of aryl methyl sites for hydroxylation is 2. The molecule has 0 spiro atoms. The third-order valence-electron chi connectivity index (χ3n) is 3.09. The highest BCUT2D eigenvalue weighted by atomic mass is 32.1. The number of benzene rings is 1. The van der Waals surface area contributed by atoms with E-state index >= 15 is 0 Å². The molecule has 2 rings (SSSR count). The molecule has 6 heteroatoms. The molecule has 2 aromatic rings. The fourth-order valence-corrected chi connectivity index (χ4v) is 2.95. The van der Waals surface area contributed by atoms with Gasteiger partial charge in [0.1, 0.15) is 0 Å². The van der Waals surface area contributed by atoms with Crippen molar-refractivity contribution in [2.45, 2.75) is 13.8 Å². The second-order valence-electron chi connectivity index (χ2n) is 4.98. The van der Waals surface area contributed by atoms with Gasteiger partial charge in [0.25, 0.3) is 5.91 Å². The van der Waals surface area contributed by atoms with Gasteiger partial charge in [0, 0.05) is 27.7 Å². The summed E-state index contributed by atoms with van der Waals surface area (Å²) in [5, 5.41) is 8.17. The Labute approximate surface area is 139 Å². The van der Waals surface area contributed by atoms with E-state index in [1.54, 1.807) is 41.7 Å². The Morgan fingerprint density at radius 2 is 1.74 bits per heavy atom. The molecule has 0 saturated heterocycles. The van der Waals surface area contributed by atoms with E-state index in [0.29, 0.717) is 23.5 Å². The van der Waals surface area contributed by atoms with Gasteiger partial charge in [-0.2, -0.15) is 0 Å². The average molecular weight is 329 g/mol. The molecule has 120 valence electrons. The molecular formula is C17H19N3O2S. The van der Waals surface area contributed by atoms with Gasteiger partial charge in [-0.15, -0.1) is 17.9 Å². The lowest BCUT2D eigenvalue weighted by Gasteiger charge is -2.08. The highest BCUT2D eigenvalue weighted by Gasteiger charge is 2.12. The molecule has 0 aliphatic rings. The normalized spacial score (nSPS) is 10.0. The maximum Gasteiger partial charge on any atom is 0.319 e. The Kier molecular flexibility index (Phi) is 5.54. The lowest BCUT2D eigenvalue weighted by molar-refractivity contribution is 0.102. The fraction of sp³-hybridized carbons (Fsp3) is 0.176. The Hall–Kier alpha value is -2.60. The number of rotatable bonds is 5. The first-order valence-corrected chi connectivity index (χ1v) is 7.95. The van der Waals surface area contributed by atoms with Crippen LogP contribution in [-0.2, 0) is 0 Å². The predicted octanol–water partition coefficient (Wildman–Crippen LogP) is 3.92. The molecule has 0 fully saturated rings. The van der Waals surface area contributed by atoms with Gasteiger partial charge in [-0.3, -0.25) is 4.79 Å². The lowest BCUT2D eigenvalue weighted by atomic mass is 10.2. The van der Waals surface area contributed by atoms with Crippen molar-refractivity contribution in [1.82, 2.24) is 5.32 Å². The first-order chi connectivity index (χ1) is 11.0. The molecule has 0 saturated carbocycles. The van der Waals surface area contributed by atoms with Crippen LogP contribution in [0.2, 0.25) is 0 Å². The number of carbonyl (C=O) groups excluding carboxylic acids is 2. The molecule has 0 aliphatic carbocycles. The van der Waals surface area contributed by atoms with Crippen molar-refractivity contribution in [1.29, 1.82) is 0 Å². The minimum Gasteiger partial charge on any atom is -0.334 e. The summed E-state index contributed by atoms with van der Waals surface area (Å²) in [6.45, 7) is 7.84.